The fourth-order valence-electron chi connectivity index (χ4n) is 4.87. The van der Waals surface area contributed by atoms with E-state index in [-0.39, 0.29) is 17.4 Å². The summed E-state index contributed by atoms with van der Waals surface area (Å²) in [5.41, 5.74) is 4.01. The van der Waals surface area contributed by atoms with Crippen LogP contribution in [0.1, 0.15) is 35.2 Å². The van der Waals surface area contributed by atoms with Gasteiger partial charge >= 0.3 is 5.91 Å². The Kier molecular flexibility index (Phi) is 5.46. The molecule has 4 aromatic rings. The summed E-state index contributed by atoms with van der Waals surface area (Å²) in [6.07, 6.45) is 0.762. The highest BCUT2D eigenvalue weighted by Gasteiger charge is 2.48. The Morgan fingerprint density at radius 2 is 1.97 bits per heavy atom. The minimum atomic E-state index is -0.826. The third-order valence-corrected chi connectivity index (χ3v) is 8.03. The summed E-state index contributed by atoms with van der Waals surface area (Å²) < 4.78 is 7.51. The molecule has 1 aromatic heterocycles. The van der Waals surface area contributed by atoms with Gasteiger partial charge in [0.2, 0.25) is 0 Å². The van der Waals surface area contributed by atoms with E-state index in [1.807, 2.05) is 62.4 Å². The van der Waals surface area contributed by atoms with Crippen LogP contribution in [0.5, 0.6) is 5.75 Å². The number of fused-ring (bicyclic) bond motifs is 2. The Bertz CT molecular complexity index is 1610. The lowest BCUT2D eigenvalue weighted by molar-refractivity contribution is -0.132. The molecule has 1 saturated heterocycles. The average molecular weight is 561 g/mol. The lowest BCUT2D eigenvalue weighted by atomic mass is 9.94. The molecule has 1 fully saturated rings. The van der Waals surface area contributed by atoms with Gasteiger partial charge in [-0.25, -0.2) is 4.98 Å². The van der Waals surface area contributed by atoms with Crippen LogP contribution in [0.4, 0.5) is 5.13 Å². The van der Waals surface area contributed by atoms with E-state index < -0.39 is 17.7 Å². The topological polar surface area (TPSA) is 79.7 Å². The molecule has 3 heterocycles. The number of hydrogen-bond acceptors (Lipinski definition) is 6. The van der Waals surface area contributed by atoms with Gasteiger partial charge in [0.05, 0.1) is 21.8 Å². The summed E-state index contributed by atoms with van der Waals surface area (Å²) in [5.74, 6) is -0.888. The smallest absolute Gasteiger partial charge is 0.301 e. The minimum absolute atomic E-state index is 0.0421. The van der Waals surface area contributed by atoms with Gasteiger partial charge in [0.15, 0.2) is 5.13 Å². The average Bonchev–Trinajstić information content (AvgIpc) is 3.50. The van der Waals surface area contributed by atoms with Gasteiger partial charge in [-0.2, -0.15) is 0 Å². The molecule has 1 N–H and O–H groups in total. The number of aromatic nitrogens is 1. The van der Waals surface area contributed by atoms with Gasteiger partial charge in [0, 0.05) is 16.5 Å². The quantitative estimate of drug-likeness (QED) is 0.180. The summed E-state index contributed by atoms with van der Waals surface area (Å²) >= 11 is 4.85. The number of hydrogen-bond donors (Lipinski definition) is 1. The second-order valence-corrected chi connectivity index (χ2v) is 11.1. The number of anilines is 1. The number of aliphatic hydroxyl groups excluding tert-OH is 1. The molecule has 1 amide bonds. The van der Waals surface area contributed by atoms with Crippen LogP contribution in [0.25, 0.3) is 16.0 Å². The molecule has 0 spiro atoms. The fraction of sp³-hybridized carbons (Fsp3) is 0.179. The lowest BCUT2D eigenvalue weighted by Gasteiger charge is -2.23. The van der Waals surface area contributed by atoms with Gasteiger partial charge in [-0.1, -0.05) is 45.5 Å². The van der Waals surface area contributed by atoms with Crippen molar-refractivity contribution in [2.75, 3.05) is 4.90 Å². The van der Waals surface area contributed by atoms with E-state index in [1.54, 1.807) is 12.1 Å². The van der Waals surface area contributed by atoms with Crippen molar-refractivity contribution < 1.29 is 19.4 Å². The predicted molar refractivity (Wildman–Crippen MR) is 144 cm³/mol. The summed E-state index contributed by atoms with van der Waals surface area (Å²) in [6.45, 7) is 3.98. The zero-order valence-electron chi connectivity index (χ0n) is 19.5. The summed E-state index contributed by atoms with van der Waals surface area (Å²) in [4.78, 5) is 33.0. The standard InChI is InChI=1S/C28H21BrN2O4S/c1-14-6-8-20-22(10-14)36-28(30-20)31-24(16-4-3-5-19(29)13-16)23(26(33)27(31)34)25(32)17-7-9-21-18(12-17)11-15(2)35-21/h3-10,12-13,15,24,32H,11H2,1-2H3/b25-23+/t15-,24+/m1/s1. The number of aliphatic hydroxyl groups is 1. The predicted octanol–water partition coefficient (Wildman–Crippen LogP) is 6.32. The number of rotatable bonds is 3. The van der Waals surface area contributed by atoms with Crippen molar-refractivity contribution >= 4 is 60.1 Å². The van der Waals surface area contributed by atoms with Crippen molar-refractivity contribution in [2.45, 2.75) is 32.4 Å². The molecule has 2 aliphatic heterocycles. The molecule has 6 rings (SSSR count). The molecular weight excluding hydrogens is 540 g/mol. The van der Waals surface area contributed by atoms with E-state index in [1.165, 1.54) is 16.2 Å². The third kappa shape index (κ3) is 3.72. The van der Waals surface area contributed by atoms with Crippen LogP contribution in [-0.2, 0) is 16.0 Å². The van der Waals surface area contributed by atoms with Crippen LogP contribution < -0.4 is 9.64 Å². The summed E-state index contributed by atoms with van der Waals surface area (Å²) in [7, 11) is 0. The number of ether oxygens (including phenoxy) is 1. The maximum Gasteiger partial charge on any atom is 0.301 e. The minimum Gasteiger partial charge on any atom is -0.507 e. The van der Waals surface area contributed by atoms with Crippen LogP contribution in [0.2, 0.25) is 0 Å². The van der Waals surface area contributed by atoms with Gasteiger partial charge in [-0.15, -0.1) is 0 Å². The number of halogens is 1. The van der Waals surface area contributed by atoms with Crippen LogP contribution in [0, 0.1) is 6.92 Å². The number of aryl methyl sites for hydroxylation is 1. The van der Waals surface area contributed by atoms with Gasteiger partial charge in [0.1, 0.15) is 17.6 Å². The highest BCUT2D eigenvalue weighted by atomic mass is 79.9. The molecule has 36 heavy (non-hydrogen) atoms. The van der Waals surface area contributed by atoms with Gasteiger partial charge in [0.25, 0.3) is 5.78 Å². The molecular formula is C28H21BrN2O4S. The van der Waals surface area contributed by atoms with Crippen molar-refractivity contribution in [2.24, 2.45) is 0 Å². The molecule has 2 atom stereocenters. The second-order valence-electron chi connectivity index (χ2n) is 9.15. The number of benzene rings is 3. The maximum absolute atomic E-state index is 13.5. The first-order valence-corrected chi connectivity index (χ1v) is 13.1. The van der Waals surface area contributed by atoms with Gasteiger partial charge < -0.3 is 9.84 Å². The Morgan fingerprint density at radius 1 is 1.14 bits per heavy atom. The highest BCUT2D eigenvalue weighted by molar-refractivity contribution is 9.10. The number of amides is 1. The monoisotopic (exact) mass is 560 g/mol. The van der Waals surface area contributed by atoms with E-state index in [4.69, 9.17) is 4.74 Å². The highest BCUT2D eigenvalue weighted by Crippen LogP contribution is 2.45. The molecule has 2 aliphatic rings. The number of ketones is 1. The van der Waals surface area contributed by atoms with E-state index in [2.05, 4.69) is 20.9 Å². The number of Topliss-reactive ketones (excluding diaryl/α,β-unsaturated/α-hetero) is 1. The fourth-order valence-corrected chi connectivity index (χ4v) is 6.38. The third-order valence-electron chi connectivity index (χ3n) is 6.52. The van der Waals surface area contributed by atoms with Crippen LogP contribution >= 0.6 is 27.3 Å². The van der Waals surface area contributed by atoms with Crippen molar-refractivity contribution in [3.63, 3.8) is 0 Å². The van der Waals surface area contributed by atoms with E-state index in [9.17, 15) is 14.7 Å². The van der Waals surface area contributed by atoms with Crippen molar-refractivity contribution in [3.8, 4) is 5.75 Å². The molecule has 8 heteroatoms. The van der Waals surface area contributed by atoms with Crippen LogP contribution in [-0.4, -0.2) is 27.9 Å². The molecule has 180 valence electrons. The van der Waals surface area contributed by atoms with Crippen molar-refractivity contribution in [1.82, 2.24) is 4.98 Å². The van der Waals surface area contributed by atoms with E-state index in [0.29, 0.717) is 22.7 Å². The zero-order chi connectivity index (χ0) is 25.1. The SMILES string of the molecule is Cc1ccc2nc(N3C(=O)C(=O)/C(=C(/O)c4ccc5c(c4)C[C@@H](C)O5)[C@@H]3c3cccc(Br)c3)sc2c1. The molecule has 0 saturated carbocycles. The van der Waals surface area contributed by atoms with Gasteiger partial charge in [-0.05, 0) is 73.0 Å². The zero-order valence-corrected chi connectivity index (χ0v) is 21.9. The summed E-state index contributed by atoms with van der Waals surface area (Å²) in [5, 5.41) is 11.9. The first-order chi connectivity index (χ1) is 17.3. The Hall–Kier alpha value is -3.49. The van der Waals surface area contributed by atoms with E-state index >= 15 is 0 Å². The maximum atomic E-state index is 13.5. The molecule has 3 aromatic carbocycles. The van der Waals surface area contributed by atoms with Gasteiger partial charge in [-0.3, -0.25) is 14.5 Å². The number of thiazole rings is 1. The first-order valence-electron chi connectivity index (χ1n) is 11.5. The molecule has 0 unspecified atom stereocenters. The Labute approximate surface area is 220 Å². The molecule has 0 bridgehead atoms. The number of carbonyl (C=O) groups excluding carboxylic acids is 2. The Morgan fingerprint density at radius 3 is 2.78 bits per heavy atom. The lowest BCUT2D eigenvalue weighted by Crippen LogP contribution is -2.29. The second kappa shape index (κ2) is 8.57. The first kappa shape index (κ1) is 22.9. The largest absolute Gasteiger partial charge is 0.507 e. The van der Waals surface area contributed by atoms with Crippen LogP contribution in [0.15, 0.2) is 70.7 Å². The molecule has 6 nitrogen and oxygen atoms in total. The number of nitrogens with zero attached hydrogens (tertiary/aromatic N) is 2. The Balaban J connectivity index is 1.54. The van der Waals surface area contributed by atoms with Crippen molar-refractivity contribution in [1.29, 1.82) is 0 Å². The van der Waals surface area contributed by atoms with Crippen molar-refractivity contribution in [3.05, 3.63) is 93.0 Å². The molecule has 0 aliphatic carbocycles. The van der Waals surface area contributed by atoms with Crippen LogP contribution in [0.3, 0.4) is 0 Å². The normalized spacial score (nSPS) is 20.7. The molecule has 0 radical (unpaired) electrons. The van der Waals surface area contributed by atoms with E-state index in [0.717, 1.165) is 31.6 Å². The number of carbonyl (C=O) groups is 2. The summed E-state index contributed by atoms with van der Waals surface area (Å²) in [6, 6.07) is 17.8.